The van der Waals surface area contributed by atoms with Crippen molar-refractivity contribution in [1.29, 1.82) is 0 Å². The Morgan fingerprint density at radius 2 is 1.33 bits per heavy atom. The van der Waals surface area contributed by atoms with Crippen LogP contribution >= 0.6 is 0 Å². The van der Waals surface area contributed by atoms with Crippen molar-refractivity contribution in [3.05, 3.63) is 60.2 Å². The predicted octanol–water partition coefficient (Wildman–Crippen LogP) is 3.49. The molecule has 180 valence electrons. The van der Waals surface area contributed by atoms with E-state index in [4.69, 9.17) is 0 Å². The van der Waals surface area contributed by atoms with Crippen LogP contribution in [0.5, 0.6) is 0 Å². The minimum Gasteiger partial charge on any atom is -0.285 e. The van der Waals surface area contributed by atoms with E-state index < -0.39 is 20.0 Å². The van der Waals surface area contributed by atoms with E-state index in [1.807, 2.05) is 44.2 Å². The molecule has 9 heteroatoms. The van der Waals surface area contributed by atoms with E-state index in [1.165, 1.54) is 28.6 Å². The number of rotatable bonds is 6. The van der Waals surface area contributed by atoms with Crippen molar-refractivity contribution >= 4 is 20.0 Å². The maximum absolute atomic E-state index is 13.3. The molecule has 0 bridgehead atoms. The summed E-state index contributed by atoms with van der Waals surface area (Å²) in [5, 5.41) is 0. The summed E-state index contributed by atoms with van der Waals surface area (Å²) in [6.45, 7) is 6.17. The fraction of sp³-hybridized carbons (Fsp3) is 0.500. The third-order valence-corrected chi connectivity index (χ3v) is 10.6. The third-order valence-electron chi connectivity index (χ3n) is 6.64. The van der Waals surface area contributed by atoms with E-state index in [0.717, 1.165) is 37.8 Å². The Kier molecular flexibility index (Phi) is 7.26. The maximum atomic E-state index is 13.3. The van der Waals surface area contributed by atoms with Crippen molar-refractivity contribution in [3.63, 3.8) is 0 Å². The average Bonchev–Trinajstić information content (AvgIpc) is 2.80. The van der Waals surface area contributed by atoms with E-state index in [9.17, 15) is 16.8 Å². The van der Waals surface area contributed by atoms with Crippen molar-refractivity contribution < 1.29 is 16.8 Å². The van der Waals surface area contributed by atoms with Gasteiger partial charge in [0, 0.05) is 31.7 Å². The Morgan fingerprint density at radius 3 is 1.94 bits per heavy atom. The summed E-state index contributed by atoms with van der Waals surface area (Å²) < 4.78 is 56.1. The summed E-state index contributed by atoms with van der Waals surface area (Å²) >= 11 is 0. The van der Waals surface area contributed by atoms with Gasteiger partial charge in [0.05, 0.1) is 16.5 Å². The molecule has 7 nitrogen and oxygen atoms in total. The molecule has 2 aromatic rings. The van der Waals surface area contributed by atoms with Crippen LogP contribution in [0.2, 0.25) is 0 Å². The van der Waals surface area contributed by atoms with E-state index in [-0.39, 0.29) is 21.9 Å². The molecule has 2 fully saturated rings. The molecule has 0 saturated carbocycles. The molecule has 4 rings (SSSR count). The second kappa shape index (κ2) is 9.84. The van der Waals surface area contributed by atoms with Gasteiger partial charge in [-0.15, -0.1) is 0 Å². The maximum Gasteiger partial charge on any atom is 0.244 e. The summed E-state index contributed by atoms with van der Waals surface area (Å²) in [5.74, 6) is 0. The number of hydrogen-bond donors (Lipinski definition) is 0. The van der Waals surface area contributed by atoms with E-state index in [1.54, 1.807) is 4.31 Å². The molecule has 2 atom stereocenters. The minimum atomic E-state index is -3.71. The number of sulfonamides is 2. The number of benzene rings is 2. The molecule has 0 spiro atoms. The van der Waals surface area contributed by atoms with Crippen molar-refractivity contribution in [3.8, 4) is 0 Å². The van der Waals surface area contributed by atoms with Gasteiger partial charge in [0.1, 0.15) is 0 Å². The first-order valence-electron chi connectivity index (χ1n) is 11.6. The quantitative estimate of drug-likeness (QED) is 0.618. The van der Waals surface area contributed by atoms with Crippen molar-refractivity contribution in [2.45, 2.75) is 68.0 Å². The van der Waals surface area contributed by atoms with Crippen LogP contribution in [0.4, 0.5) is 0 Å². The van der Waals surface area contributed by atoms with Crippen LogP contribution in [-0.2, 0) is 26.6 Å². The highest BCUT2D eigenvalue weighted by Crippen LogP contribution is 2.30. The molecule has 33 heavy (non-hydrogen) atoms. The smallest absolute Gasteiger partial charge is 0.244 e. The summed E-state index contributed by atoms with van der Waals surface area (Å²) in [6.07, 6.45) is 3.45. The molecule has 0 unspecified atom stereocenters. The Balaban J connectivity index is 1.50. The molecule has 0 N–H and O–H groups in total. The van der Waals surface area contributed by atoms with Gasteiger partial charge < -0.3 is 0 Å². The second-order valence-corrected chi connectivity index (χ2v) is 12.9. The highest BCUT2D eigenvalue weighted by Gasteiger charge is 2.36. The van der Waals surface area contributed by atoms with Gasteiger partial charge >= 0.3 is 0 Å². The van der Waals surface area contributed by atoms with Gasteiger partial charge in [-0.25, -0.2) is 16.8 Å². The number of hydrogen-bond acceptors (Lipinski definition) is 5. The van der Waals surface area contributed by atoms with Gasteiger partial charge in [-0.1, -0.05) is 36.8 Å². The van der Waals surface area contributed by atoms with Crippen LogP contribution in [0, 0.1) is 0 Å². The van der Waals surface area contributed by atoms with Gasteiger partial charge in [-0.2, -0.15) is 8.61 Å². The van der Waals surface area contributed by atoms with Gasteiger partial charge in [0.2, 0.25) is 20.0 Å². The first-order chi connectivity index (χ1) is 15.7. The number of piperidine rings is 1. The van der Waals surface area contributed by atoms with Gasteiger partial charge in [-0.3, -0.25) is 4.90 Å². The lowest BCUT2D eigenvalue weighted by Gasteiger charge is -2.37. The molecule has 2 aliphatic heterocycles. The lowest BCUT2D eigenvalue weighted by atomic mass is 10.0. The molecule has 0 amide bonds. The molecule has 0 radical (unpaired) electrons. The van der Waals surface area contributed by atoms with Crippen LogP contribution in [0.25, 0.3) is 0 Å². The lowest BCUT2D eigenvalue weighted by Crippen LogP contribution is -2.47. The molecule has 0 aliphatic carbocycles. The van der Waals surface area contributed by atoms with Gasteiger partial charge in [0.15, 0.2) is 0 Å². The third kappa shape index (κ3) is 5.17. The zero-order valence-corrected chi connectivity index (χ0v) is 20.9. The summed E-state index contributed by atoms with van der Waals surface area (Å²) in [4.78, 5) is 2.39. The fourth-order valence-electron chi connectivity index (χ4n) is 4.93. The second-order valence-electron chi connectivity index (χ2n) is 9.15. The Morgan fingerprint density at radius 1 is 0.758 bits per heavy atom. The fourth-order valence-corrected chi connectivity index (χ4v) is 8.27. The van der Waals surface area contributed by atoms with Crippen molar-refractivity contribution in [1.82, 2.24) is 13.5 Å². The van der Waals surface area contributed by atoms with Gasteiger partial charge in [0.25, 0.3) is 0 Å². The summed E-state index contributed by atoms with van der Waals surface area (Å²) in [7, 11) is -7.39. The zero-order chi connectivity index (χ0) is 23.6. The molecule has 0 aromatic heterocycles. The van der Waals surface area contributed by atoms with Crippen LogP contribution in [0.3, 0.4) is 0 Å². The molecular formula is C24H33N3O4S2. The van der Waals surface area contributed by atoms with Crippen LogP contribution in [0.15, 0.2) is 64.4 Å². The highest BCUT2D eigenvalue weighted by atomic mass is 32.2. The first kappa shape index (κ1) is 24.3. The van der Waals surface area contributed by atoms with Crippen LogP contribution in [-0.4, -0.2) is 62.2 Å². The van der Waals surface area contributed by atoms with Crippen LogP contribution in [0.1, 0.15) is 45.1 Å². The van der Waals surface area contributed by atoms with Crippen molar-refractivity contribution in [2.24, 2.45) is 0 Å². The number of nitrogens with zero attached hydrogens (tertiary/aromatic N) is 3. The minimum absolute atomic E-state index is 0.0638. The summed E-state index contributed by atoms with van der Waals surface area (Å²) in [6, 6.07) is 15.6. The van der Waals surface area contributed by atoms with Gasteiger partial charge in [-0.05, 0) is 62.9 Å². The largest absolute Gasteiger partial charge is 0.285 e. The molecule has 2 aromatic carbocycles. The molecule has 2 aliphatic rings. The van der Waals surface area contributed by atoms with Crippen molar-refractivity contribution in [2.75, 3.05) is 19.8 Å². The molecular weight excluding hydrogens is 458 g/mol. The standard InChI is InChI=1S/C24H33N3O4S2/c1-20-8-6-9-21(2)27(20)33(30,31)24-14-12-23(13-15-24)32(28,29)26-17-7-16-25(19-26)18-22-10-4-3-5-11-22/h3-5,10-15,20-21H,6-9,16-19H2,1-2H3/t20-,21-/m1/s1. The Hall–Kier alpha value is -1.78. The zero-order valence-electron chi connectivity index (χ0n) is 19.3. The Labute approximate surface area is 198 Å². The normalized spacial score (nSPS) is 24.1. The van der Waals surface area contributed by atoms with E-state index in [2.05, 4.69) is 4.90 Å². The SMILES string of the molecule is C[C@@H]1CCC[C@@H](C)N1S(=O)(=O)c1ccc(S(=O)(=O)N2CCCN(Cc3ccccc3)C2)cc1. The molecule has 2 saturated heterocycles. The topological polar surface area (TPSA) is 78.0 Å². The summed E-state index contributed by atoms with van der Waals surface area (Å²) in [5.41, 5.74) is 1.15. The lowest BCUT2D eigenvalue weighted by molar-refractivity contribution is 0.140. The molecule has 2 heterocycles. The first-order valence-corrected chi connectivity index (χ1v) is 14.5. The Bertz CT molecular complexity index is 1140. The average molecular weight is 492 g/mol. The van der Waals surface area contributed by atoms with E-state index >= 15 is 0 Å². The van der Waals surface area contributed by atoms with Crippen LogP contribution < -0.4 is 0 Å². The predicted molar refractivity (Wildman–Crippen MR) is 128 cm³/mol. The monoisotopic (exact) mass is 491 g/mol. The highest BCUT2D eigenvalue weighted by molar-refractivity contribution is 7.89. The van der Waals surface area contributed by atoms with E-state index in [0.29, 0.717) is 19.8 Å².